The number of nitrogens with zero attached hydrogens (tertiary/aromatic N) is 2. The van der Waals surface area contributed by atoms with Crippen molar-refractivity contribution in [1.29, 1.82) is 0 Å². The molecule has 0 spiro atoms. The molecule has 0 unspecified atom stereocenters. The molecule has 1 aliphatic carbocycles. The van der Waals surface area contributed by atoms with Gasteiger partial charge in [-0.1, -0.05) is 45.7 Å². The molecule has 0 saturated heterocycles. The van der Waals surface area contributed by atoms with Crippen LogP contribution in [0.4, 0.5) is 5.82 Å². The Hall–Kier alpha value is -2.30. The van der Waals surface area contributed by atoms with Crippen molar-refractivity contribution in [3.8, 4) is 5.75 Å². The first-order valence-electron chi connectivity index (χ1n) is 9.00. The number of anilines is 1. The van der Waals surface area contributed by atoms with E-state index < -0.39 is 0 Å². The molecule has 1 N–H and O–H groups in total. The van der Waals surface area contributed by atoms with Crippen LogP contribution in [0.25, 0.3) is 0 Å². The fourth-order valence-electron chi connectivity index (χ4n) is 3.23. The van der Waals surface area contributed by atoms with Crippen LogP contribution in [0.5, 0.6) is 5.75 Å². The monoisotopic (exact) mass is 341 g/mol. The molecular formula is C20H27N3O2. The van der Waals surface area contributed by atoms with Crippen LogP contribution in [-0.4, -0.2) is 22.3 Å². The van der Waals surface area contributed by atoms with Crippen molar-refractivity contribution in [3.05, 3.63) is 42.1 Å². The van der Waals surface area contributed by atoms with Gasteiger partial charge in [0, 0.05) is 6.07 Å². The van der Waals surface area contributed by atoms with Crippen LogP contribution in [0.3, 0.4) is 0 Å². The molecule has 3 rings (SSSR count). The van der Waals surface area contributed by atoms with Crippen molar-refractivity contribution >= 4 is 11.7 Å². The lowest BCUT2D eigenvalue weighted by Gasteiger charge is -2.19. The van der Waals surface area contributed by atoms with Crippen molar-refractivity contribution in [3.63, 3.8) is 0 Å². The fraction of sp³-hybridized carbons (Fsp3) is 0.500. The van der Waals surface area contributed by atoms with Crippen LogP contribution in [-0.2, 0) is 10.2 Å². The standard InChI is InChI=1S/C20H27N3O2/c1-20(2,3)15-7-6-10-17(13-15)25-14-19(24)22-18-11-12-21-23(18)16-8-4-5-9-16/h6-7,10-13,16H,4-5,8-9,14H2,1-3H3,(H,22,24). The summed E-state index contributed by atoms with van der Waals surface area (Å²) in [4.78, 5) is 12.3. The van der Waals surface area contributed by atoms with Gasteiger partial charge in [0.1, 0.15) is 11.6 Å². The molecule has 0 bridgehead atoms. The maximum atomic E-state index is 12.3. The number of rotatable bonds is 5. The van der Waals surface area contributed by atoms with Crippen LogP contribution >= 0.6 is 0 Å². The Bertz CT molecular complexity index is 725. The van der Waals surface area contributed by atoms with Gasteiger partial charge >= 0.3 is 0 Å². The van der Waals surface area contributed by atoms with Crippen molar-refractivity contribution in [2.75, 3.05) is 11.9 Å². The highest BCUT2D eigenvalue weighted by molar-refractivity contribution is 5.91. The van der Waals surface area contributed by atoms with Crippen LogP contribution < -0.4 is 10.1 Å². The van der Waals surface area contributed by atoms with Gasteiger partial charge in [0.2, 0.25) is 0 Å². The van der Waals surface area contributed by atoms with E-state index in [-0.39, 0.29) is 17.9 Å². The van der Waals surface area contributed by atoms with E-state index in [1.54, 1.807) is 6.20 Å². The van der Waals surface area contributed by atoms with Crippen LogP contribution in [0.1, 0.15) is 58.1 Å². The Morgan fingerprint density at radius 2 is 2.04 bits per heavy atom. The number of ether oxygens (including phenoxy) is 1. The second-order valence-electron chi connectivity index (χ2n) is 7.71. The largest absolute Gasteiger partial charge is 0.484 e. The SMILES string of the molecule is CC(C)(C)c1cccc(OCC(=O)Nc2ccnn2C2CCCC2)c1. The second kappa shape index (κ2) is 7.30. The van der Waals surface area contributed by atoms with Gasteiger partial charge in [-0.05, 0) is 36.0 Å². The third kappa shape index (κ3) is 4.41. The molecule has 2 aromatic rings. The number of hydrogen-bond donors (Lipinski definition) is 1. The van der Waals surface area contributed by atoms with Crippen molar-refractivity contribution in [2.24, 2.45) is 0 Å². The lowest BCUT2D eigenvalue weighted by atomic mass is 9.87. The molecule has 1 aliphatic rings. The molecule has 1 aromatic heterocycles. The molecule has 1 aromatic carbocycles. The molecule has 0 aliphatic heterocycles. The summed E-state index contributed by atoms with van der Waals surface area (Å²) < 4.78 is 7.61. The van der Waals surface area contributed by atoms with Crippen molar-refractivity contribution in [2.45, 2.75) is 57.9 Å². The summed E-state index contributed by atoms with van der Waals surface area (Å²) in [6, 6.07) is 10.2. The van der Waals surface area contributed by atoms with Gasteiger partial charge in [0.25, 0.3) is 5.91 Å². The number of amides is 1. The first-order chi connectivity index (χ1) is 11.9. The molecule has 0 atom stereocenters. The summed E-state index contributed by atoms with van der Waals surface area (Å²) in [5, 5.41) is 7.29. The molecule has 0 radical (unpaired) electrons. The zero-order valence-corrected chi connectivity index (χ0v) is 15.3. The maximum absolute atomic E-state index is 12.3. The Morgan fingerprint density at radius 3 is 2.76 bits per heavy atom. The number of carbonyl (C=O) groups excluding carboxylic acids is 1. The van der Waals surface area contributed by atoms with Gasteiger partial charge in [-0.15, -0.1) is 0 Å². The third-order valence-corrected chi connectivity index (χ3v) is 4.68. The summed E-state index contributed by atoms with van der Waals surface area (Å²) >= 11 is 0. The van der Waals surface area contributed by atoms with E-state index in [4.69, 9.17) is 4.74 Å². The highest BCUT2D eigenvalue weighted by Crippen LogP contribution is 2.31. The molecular weight excluding hydrogens is 314 g/mol. The van der Waals surface area contributed by atoms with E-state index >= 15 is 0 Å². The van der Waals surface area contributed by atoms with E-state index in [9.17, 15) is 4.79 Å². The van der Waals surface area contributed by atoms with Crippen LogP contribution in [0.15, 0.2) is 36.5 Å². The Balaban J connectivity index is 1.58. The highest BCUT2D eigenvalue weighted by Gasteiger charge is 2.20. The Morgan fingerprint density at radius 1 is 1.28 bits per heavy atom. The molecule has 1 amide bonds. The predicted molar refractivity (Wildman–Crippen MR) is 99.0 cm³/mol. The quantitative estimate of drug-likeness (QED) is 0.881. The minimum Gasteiger partial charge on any atom is -0.484 e. The fourth-order valence-corrected chi connectivity index (χ4v) is 3.23. The average molecular weight is 341 g/mol. The molecule has 25 heavy (non-hydrogen) atoms. The summed E-state index contributed by atoms with van der Waals surface area (Å²) in [6.07, 6.45) is 6.44. The number of hydrogen-bond acceptors (Lipinski definition) is 3. The van der Waals surface area contributed by atoms with Crippen molar-refractivity contribution in [1.82, 2.24) is 9.78 Å². The number of nitrogens with one attached hydrogen (secondary N) is 1. The zero-order valence-electron chi connectivity index (χ0n) is 15.3. The van der Waals surface area contributed by atoms with Gasteiger partial charge in [0.15, 0.2) is 6.61 Å². The second-order valence-corrected chi connectivity index (χ2v) is 7.71. The van der Waals surface area contributed by atoms with Gasteiger partial charge in [-0.2, -0.15) is 5.10 Å². The molecule has 1 fully saturated rings. The van der Waals surface area contributed by atoms with Gasteiger partial charge in [0.05, 0.1) is 12.2 Å². The number of aromatic nitrogens is 2. The van der Waals surface area contributed by atoms with E-state index in [0.29, 0.717) is 11.8 Å². The predicted octanol–water partition coefficient (Wildman–Crippen LogP) is 4.31. The topological polar surface area (TPSA) is 56.1 Å². The maximum Gasteiger partial charge on any atom is 0.263 e. The van der Waals surface area contributed by atoms with E-state index in [0.717, 1.165) is 18.7 Å². The minimum absolute atomic E-state index is 0.0105. The lowest BCUT2D eigenvalue weighted by molar-refractivity contribution is -0.118. The first-order valence-corrected chi connectivity index (χ1v) is 9.00. The van der Waals surface area contributed by atoms with Gasteiger partial charge < -0.3 is 10.1 Å². The van der Waals surface area contributed by atoms with Crippen molar-refractivity contribution < 1.29 is 9.53 Å². The zero-order chi connectivity index (χ0) is 17.9. The molecule has 1 saturated carbocycles. The lowest BCUT2D eigenvalue weighted by Crippen LogP contribution is -2.23. The van der Waals surface area contributed by atoms with E-state index in [1.165, 1.54) is 18.4 Å². The van der Waals surface area contributed by atoms with Gasteiger partial charge in [-0.3, -0.25) is 4.79 Å². The summed E-state index contributed by atoms with van der Waals surface area (Å²) in [7, 11) is 0. The van der Waals surface area contributed by atoms with E-state index in [2.05, 4.69) is 37.3 Å². The summed E-state index contributed by atoms with van der Waals surface area (Å²) in [5.41, 5.74) is 1.24. The number of benzene rings is 1. The third-order valence-electron chi connectivity index (χ3n) is 4.68. The Labute approximate surface area is 149 Å². The molecule has 1 heterocycles. The number of carbonyl (C=O) groups is 1. The smallest absolute Gasteiger partial charge is 0.263 e. The Kier molecular flexibility index (Phi) is 5.11. The van der Waals surface area contributed by atoms with E-state index in [1.807, 2.05) is 28.9 Å². The van der Waals surface area contributed by atoms with Gasteiger partial charge in [-0.25, -0.2) is 4.68 Å². The van der Waals surface area contributed by atoms with Crippen LogP contribution in [0.2, 0.25) is 0 Å². The summed E-state index contributed by atoms with van der Waals surface area (Å²) in [6.45, 7) is 6.46. The van der Waals surface area contributed by atoms with Crippen LogP contribution in [0, 0.1) is 0 Å². The molecule has 5 heteroatoms. The molecule has 5 nitrogen and oxygen atoms in total. The normalized spacial score (nSPS) is 15.3. The minimum atomic E-state index is -0.166. The molecule has 134 valence electrons. The average Bonchev–Trinajstić information content (AvgIpc) is 3.23. The first kappa shape index (κ1) is 17.5. The highest BCUT2D eigenvalue weighted by atomic mass is 16.5. The summed E-state index contributed by atoms with van der Waals surface area (Å²) in [5.74, 6) is 1.30.